The summed E-state index contributed by atoms with van der Waals surface area (Å²) in [5.41, 5.74) is 2.52. The van der Waals surface area contributed by atoms with E-state index in [9.17, 15) is 4.79 Å². The summed E-state index contributed by atoms with van der Waals surface area (Å²) in [5, 5.41) is 0. The van der Waals surface area contributed by atoms with Gasteiger partial charge in [-0.3, -0.25) is 9.20 Å². The maximum absolute atomic E-state index is 12.2. The molecule has 4 nitrogen and oxygen atoms in total. The Kier molecular flexibility index (Phi) is 4.29. The van der Waals surface area contributed by atoms with Crippen LogP contribution in [0.15, 0.2) is 41.3 Å². The van der Waals surface area contributed by atoms with E-state index in [0.717, 1.165) is 22.1 Å². The Morgan fingerprint density at radius 3 is 2.82 bits per heavy atom. The van der Waals surface area contributed by atoms with E-state index in [2.05, 4.69) is 12.0 Å². The fourth-order valence-electron chi connectivity index (χ4n) is 2.46. The van der Waals surface area contributed by atoms with E-state index < -0.39 is 0 Å². The first-order valence-corrected chi connectivity index (χ1v) is 8.25. The lowest BCUT2D eigenvalue weighted by atomic mass is 10.3. The van der Waals surface area contributed by atoms with E-state index in [0.29, 0.717) is 12.2 Å². The lowest BCUT2D eigenvalue weighted by Gasteiger charge is -2.13. The Morgan fingerprint density at radius 1 is 1.27 bits per heavy atom. The highest BCUT2D eigenvalue weighted by Crippen LogP contribution is 2.20. The van der Waals surface area contributed by atoms with E-state index in [1.807, 2.05) is 37.4 Å². The number of nitrogens with zero attached hydrogens (tertiary/aromatic N) is 2. The van der Waals surface area contributed by atoms with Gasteiger partial charge in [0.1, 0.15) is 24.4 Å². The van der Waals surface area contributed by atoms with Crippen molar-refractivity contribution in [2.24, 2.45) is 0 Å². The monoisotopic (exact) mass is 334 g/mol. The third-order valence-electron chi connectivity index (χ3n) is 3.45. The Morgan fingerprint density at radius 2 is 2.09 bits per heavy atom. The van der Waals surface area contributed by atoms with E-state index >= 15 is 0 Å². The Bertz CT molecular complexity index is 871. The molecule has 1 atom stereocenters. The van der Waals surface area contributed by atoms with Gasteiger partial charge < -0.3 is 4.90 Å². The average molecular weight is 335 g/mol. The highest BCUT2D eigenvalue weighted by atomic mass is 35.5. The van der Waals surface area contributed by atoms with Gasteiger partial charge in [-0.05, 0) is 30.7 Å². The van der Waals surface area contributed by atoms with Crippen LogP contribution in [0.4, 0.5) is 0 Å². The van der Waals surface area contributed by atoms with Crippen LogP contribution in [0.5, 0.6) is 0 Å². The highest BCUT2D eigenvalue weighted by molar-refractivity contribution is 7.16. The third kappa shape index (κ3) is 3.38. The van der Waals surface area contributed by atoms with Gasteiger partial charge in [0.15, 0.2) is 0 Å². The number of aromatic nitrogens is 2. The molecule has 0 amide bonds. The molecular formula is C16H17ClN3OS+. The number of rotatable bonds is 4. The van der Waals surface area contributed by atoms with Crippen LogP contribution >= 0.6 is 22.9 Å². The van der Waals surface area contributed by atoms with Crippen molar-refractivity contribution in [3.63, 3.8) is 0 Å². The molecule has 0 fully saturated rings. The molecule has 3 aromatic rings. The molecule has 3 rings (SSSR count). The quantitative estimate of drug-likeness (QED) is 0.792. The van der Waals surface area contributed by atoms with Crippen LogP contribution in [-0.4, -0.2) is 16.4 Å². The van der Waals surface area contributed by atoms with Gasteiger partial charge in [0.2, 0.25) is 0 Å². The second-order valence-corrected chi connectivity index (χ2v) is 7.34. The highest BCUT2D eigenvalue weighted by Gasteiger charge is 2.10. The molecule has 0 radical (unpaired) electrons. The van der Waals surface area contributed by atoms with Gasteiger partial charge in [-0.25, -0.2) is 4.98 Å². The summed E-state index contributed by atoms with van der Waals surface area (Å²) in [6.45, 7) is 3.53. The molecule has 3 heterocycles. The summed E-state index contributed by atoms with van der Waals surface area (Å²) < 4.78 is 2.40. The number of quaternary nitrogens is 1. The van der Waals surface area contributed by atoms with E-state index in [1.165, 1.54) is 9.78 Å². The normalized spacial score (nSPS) is 12.7. The minimum absolute atomic E-state index is 0.0318. The summed E-state index contributed by atoms with van der Waals surface area (Å²) in [7, 11) is 2.09. The van der Waals surface area contributed by atoms with Crippen molar-refractivity contribution < 1.29 is 4.90 Å². The van der Waals surface area contributed by atoms with Gasteiger partial charge in [-0.2, -0.15) is 0 Å². The molecule has 0 spiro atoms. The molecule has 0 saturated carbocycles. The standard InChI is InChI=1S/C16H16ClN3OS/c1-11-3-6-15-18-12(7-16(21)20(15)8-11)9-19(2)10-13-4-5-14(17)22-13/h3-8H,9-10H2,1-2H3/p+1. The number of nitrogens with one attached hydrogen (secondary N) is 1. The van der Waals surface area contributed by atoms with E-state index in [1.54, 1.807) is 21.8 Å². The van der Waals surface area contributed by atoms with Crippen LogP contribution in [0, 0.1) is 6.92 Å². The molecule has 6 heteroatoms. The molecule has 0 aliphatic rings. The minimum atomic E-state index is -0.0318. The fourth-order valence-corrected chi connectivity index (χ4v) is 3.67. The largest absolute Gasteiger partial charge is 0.328 e. The predicted molar refractivity (Wildman–Crippen MR) is 89.8 cm³/mol. The molecule has 0 aliphatic carbocycles. The van der Waals surface area contributed by atoms with Crippen LogP contribution in [0.2, 0.25) is 4.34 Å². The summed E-state index contributed by atoms with van der Waals surface area (Å²) in [4.78, 5) is 19.3. The number of pyridine rings is 1. The topological polar surface area (TPSA) is 38.8 Å². The van der Waals surface area contributed by atoms with Crippen LogP contribution in [-0.2, 0) is 13.1 Å². The number of hydrogen-bond acceptors (Lipinski definition) is 3. The Labute approximate surface area is 137 Å². The SMILES string of the molecule is Cc1ccc2nc(C[NH+](C)Cc3ccc(Cl)s3)cc(=O)n2c1. The van der Waals surface area contributed by atoms with Gasteiger partial charge in [0.25, 0.3) is 5.56 Å². The van der Waals surface area contributed by atoms with E-state index in [-0.39, 0.29) is 5.56 Å². The van der Waals surface area contributed by atoms with Crippen molar-refractivity contribution in [2.75, 3.05) is 7.05 Å². The number of hydrogen-bond donors (Lipinski definition) is 1. The van der Waals surface area contributed by atoms with Crippen molar-refractivity contribution in [3.05, 3.63) is 67.4 Å². The maximum Gasteiger partial charge on any atom is 0.258 e. The Balaban J connectivity index is 1.81. The lowest BCUT2D eigenvalue weighted by Crippen LogP contribution is -3.06. The first kappa shape index (κ1) is 15.2. The van der Waals surface area contributed by atoms with Crippen molar-refractivity contribution in [1.82, 2.24) is 9.38 Å². The number of halogens is 1. The smallest absolute Gasteiger partial charge is 0.258 e. The van der Waals surface area contributed by atoms with Gasteiger partial charge in [0.05, 0.1) is 16.3 Å². The van der Waals surface area contributed by atoms with E-state index in [4.69, 9.17) is 11.6 Å². The zero-order chi connectivity index (χ0) is 15.7. The van der Waals surface area contributed by atoms with Crippen LogP contribution in [0.25, 0.3) is 5.65 Å². The van der Waals surface area contributed by atoms with Gasteiger partial charge in [0, 0.05) is 12.3 Å². The molecule has 1 unspecified atom stereocenters. The van der Waals surface area contributed by atoms with Crippen molar-refractivity contribution in [3.8, 4) is 0 Å². The summed E-state index contributed by atoms with van der Waals surface area (Å²) >= 11 is 7.55. The molecule has 0 aromatic carbocycles. The van der Waals surface area contributed by atoms with Gasteiger partial charge >= 0.3 is 0 Å². The minimum Gasteiger partial charge on any atom is -0.328 e. The third-order valence-corrected chi connectivity index (χ3v) is 4.68. The Hall–Kier alpha value is -1.69. The molecule has 114 valence electrons. The number of fused-ring (bicyclic) bond motifs is 1. The number of thiophene rings is 1. The van der Waals surface area contributed by atoms with Crippen LogP contribution < -0.4 is 10.5 Å². The summed E-state index contributed by atoms with van der Waals surface area (Å²) in [6, 6.07) is 9.43. The van der Waals surface area contributed by atoms with Crippen molar-refractivity contribution in [1.29, 1.82) is 0 Å². The molecule has 0 saturated heterocycles. The summed E-state index contributed by atoms with van der Waals surface area (Å²) in [5.74, 6) is 0. The molecule has 22 heavy (non-hydrogen) atoms. The first-order chi connectivity index (χ1) is 10.5. The molecule has 1 N–H and O–H groups in total. The zero-order valence-electron chi connectivity index (χ0n) is 12.5. The fraction of sp³-hybridized carbons (Fsp3) is 0.250. The van der Waals surface area contributed by atoms with Crippen LogP contribution in [0.1, 0.15) is 16.1 Å². The summed E-state index contributed by atoms with van der Waals surface area (Å²) in [6.07, 6.45) is 1.82. The van der Waals surface area contributed by atoms with Gasteiger partial charge in [-0.1, -0.05) is 17.7 Å². The molecule has 3 aromatic heterocycles. The maximum atomic E-state index is 12.2. The average Bonchev–Trinajstić information content (AvgIpc) is 2.85. The van der Waals surface area contributed by atoms with Crippen molar-refractivity contribution >= 4 is 28.6 Å². The molecular weight excluding hydrogens is 318 g/mol. The van der Waals surface area contributed by atoms with Gasteiger partial charge in [-0.15, -0.1) is 11.3 Å². The molecule has 0 bridgehead atoms. The zero-order valence-corrected chi connectivity index (χ0v) is 14.0. The second kappa shape index (κ2) is 6.20. The first-order valence-electron chi connectivity index (χ1n) is 7.06. The predicted octanol–water partition coefficient (Wildman–Crippen LogP) is 1.93. The van der Waals surface area contributed by atoms with Crippen molar-refractivity contribution in [2.45, 2.75) is 20.0 Å². The molecule has 0 aliphatic heterocycles. The lowest BCUT2D eigenvalue weighted by molar-refractivity contribution is -0.907. The number of aryl methyl sites for hydroxylation is 1. The van der Waals surface area contributed by atoms with Crippen LogP contribution in [0.3, 0.4) is 0 Å². The second-order valence-electron chi connectivity index (χ2n) is 5.54.